The van der Waals surface area contributed by atoms with E-state index in [4.69, 9.17) is 11.6 Å². The Hall–Kier alpha value is -1.60. The second-order valence-electron chi connectivity index (χ2n) is 4.79. The van der Waals surface area contributed by atoms with E-state index in [9.17, 15) is 19.7 Å². The van der Waals surface area contributed by atoms with Crippen molar-refractivity contribution in [3.8, 4) is 0 Å². The van der Waals surface area contributed by atoms with Gasteiger partial charge in [-0.1, -0.05) is 23.4 Å². The Morgan fingerprint density at radius 2 is 2.19 bits per heavy atom. The average molecular weight is 329 g/mol. The number of benzene rings is 1. The molecule has 0 aromatic heterocycles. The Morgan fingerprint density at radius 3 is 2.76 bits per heavy atom. The molecule has 6 nitrogen and oxygen atoms in total. The molecular weight excluding hydrogens is 316 g/mol. The van der Waals surface area contributed by atoms with Crippen LogP contribution in [0.5, 0.6) is 0 Å². The molecular formula is C13H13ClN2O4S. The van der Waals surface area contributed by atoms with Crippen LogP contribution >= 0.6 is 23.4 Å². The minimum atomic E-state index is -0.556. The number of aryl methyl sites for hydroxylation is 1. The highest BCUT2D eigenvalue weighted by Gasteiger charge is 2.33. The minimum absolute atomic E-state index is 0.00364. The van der Waals surface area contributed by atoms with Gasteiger partial charge >= 0.3 is 0 Å². The van der Waals surface area contributed by atoms with Crippen LogP contribution in [0.2, 0.25) is 5.02 Å². The molecule has 8 heteroatoms. The number of halogens is 1. The average Bonchev–Trinajstić information content (AvgIpc) is 2.71. The predicted molar refractivity (Wildman–Crippen MR) is 81.9 cm³/mol. The van der Waals surface area contributed by atoms with Crippen LogP contribution in [0, 0.1) is 17.0 Å². The van der Waals surface area contributed by atoms with E-state index in [1.807, 2.05) is 0 Å². The number of nitro benzene ring substituents is 1. The van der Waals surface area contributed by atoms with Crippen molar-refractivity contribution in [3.05, 3.63) is 32.8 Å². The monoisotopic (exact) mass is 328 g/mol. The fourth-order valence-electron chi connectivity index (χ4n) is 2.31. The van der Waals surface area contributed by atoms with Gasteiger partial charge in [-0.3, -0.25) is 19.7 Å². The smallest absolute Gasteiger partial charge is 0.288 e. The zero-order valence-corrected chi connectivity index (χ0v) is 13.0. The first-order chi connectivity index (χ1) is 9.79. The first-order valence-electron chi connectivity index (χ1n) is 6.21. The number of hydrogen-bond acceptors (Lipinski definition) is 5. The highest BCUT2D eigenvalue weighted by Crippen LogP contribution is 2.36. The van der Waals surface area contributed by atoms with Crippen molar-refractivity contribution < 1.29 is 14.5 Å². The molecule has 1 amide bonds. The van der Waals surface area contributed by atoms with Crippen molar-refractivity contribution in [3.63, 3.8) is 0 Å². The Morgan fingerprint density at radius 1 is 1.52 bits per heavy atom. The first-order valence-corrected chi connectivity index (χ1v) is 7.47. The molecule has 0 aliphatic carbocycles. The molecule has 0 bridgehead atoms. The summed E-state index contributed by atoms with van der Waals surface area (Å²) >= 11 is 7.04. The van der Waals surface area contributed by atoms with Crippen molar-refractivity contribution in [1.29, 1.82) is 0 Å². The summed E-state index contributed by atoms with van der Waals surface area (Å²) in [5.41, 5.74) is 0.981. The number of rotatable bonds is 3. The predicted octanol–water partition coefficient (Wildman–Crippen LogP) is 2.94. The number of nitrogens with zero attached hydrogens (tertiary/aromatic N) is 2. The summed E-state index contributed by atoms with van der Waals surface area (Å²) in [7, 11) is 0. The molecule has 0 N–H and O–H groups in total. The van der Waals surface area contributed by atoms with Crippen molar-refractivity contribution in [2.24, 2.45) is 0 Å². The summed E-state index contributed by atoms with van der Waals surface area (Å²) < 4.78 is 0. The molecule has 1 atom stereocenters. The van der Waals surface area contributed by atoms with Crippen LogP contribution in [-0.4, -0.2) is 27.7 Å². The van der Waals surface area contributed by atoms with Crippen LogP contribution in [0.15, 0.2) is 12.1 Å². The summed E-state index contributed by atoms with van der Waals surface area (Å²) in [4.78, 5) is 35.0. The maximum Gasteiger partial charge on any atom is 0.288 e. The van der Waals surface area contributed by atoms with Gasteiger partial charge in [0.25, 0.3) is 5.69 Å². The van der Waals surface area contributed by atoms with Gasteiger partial charge in [0, 0.05) is 36.9 Å². The van der Waals surface area contributed by atoms with E-state index in [1.54, 1.807) is 6.92 Å². The van der Waals surface area contributed by atoms with Crippen molar-refractivity contribution in [1.82, 2.24) is 0 Å². The molecule has 1 saturated heterocycles. The van der Waals surface area contributed by atoms with E-state index in [1.165, 1.54) is 24.0 Å². The summed E-state index contributed by atoms with van der Waals surface area (Å²) in [6.45, 7) is 3.56. The van der Waals surface area contributed by atoms with E-state index in [-0.39, 0.29) is 33.4 Å². The fraction of sp³-hybridized carbons (Fsp3) is 0.385. The molecule has 0 spiro atoms. The normalized spacial score (nSPS) is 18.1. The second kappa shape index (κ2) is 6.03. The van der Waals surface area contributed by atoms with Gasteiger partial charge in [-0.05, 0) is 18.6 Å². The molecule has 1 aromatic rings. The van der Waals surface area contributed by atoms with Gasteiger partial charge in [-0.2, -0.15) is 0 Å². The van der Waals surface area contributed by atoms with Gasteiger partial charge in [0.15, 0.2) is 5.12 Å². The molecule has 1 aromatic carbocycles. The lowest BCUT2D eigenvalue weighted by Crippen LogP contribution is -2.25. The third-order valence-corrected chi connectivity index (χ3v) is 4.46. The van der Waals surface area contributed by atoms with Crippen molar-refractivity contribution in [2.75, 3.05) is 11.4 Å². The van der Waals surface area contributed by atoms with Crippen LogP contribution < -0.4 is 4.90 Å². The Balaban J connectivity index is 2.30. The van der Waals surface area contributed by atoms with Crippen LogP contribution in [0.25, 0.3) is 0 Å². The van der Waals surface area contributed by atoms with Gasteiger partial charge in [0.1, 0.15) is 5.02 Å². The Labute approximate surface area is 130 Å². The maximum atomic E-state index is 12.1. The van der Waals surface area contributed by atoms with Crippen LogP contribution in [0.4, 0.5) is 11.4 Å². The Kier molecular flexibility index (Phi) is 4.53. The molecule has 0 saturated carbocycles. The van der Waals surface area contributed by atoms with E-state index in [0.29, 0.717) is 17.8 Å². The third-order valence-electron chi connectivity index (χ3n) is 3.18. The molecule has 1 unspecified atom stereocenters. The van der Waals surface area contributed by atoms with Gasteiger partial charge < -0.3 is 4.90 Å². The van der Waals surface area contributed by atoms with Crippen LogP contribution in [0.1, 0.15) is 18.9 Å². The number of hydrogen-bond donors (Lipinski definition) is 0. The lowest BCUT2D eigenvalue weighted by atomic mass is 10.1. The standard InChI is InChI=1S/C13H13ClN2O4S/c1-7-3-12(16(19)20)10(14)5-11(7)15-6-9(4-13(15)18)21-8(2)17/h3,5,9H,4,6H2,1-2H3. The molecule has 1 aliphatic rings. The molecule has 1 aliphatic heterocycles. The highest BCUT2D eigenvalue weighted by molar-refractivity contribution is 8.14. The van der Waals surface area contributed by atoms with Crippen molar-refractivity contribution >= 4 is 45.8 Å². The summed E-state index contributed by atoms with van der Waals surface area (Å²) in [6, 6.07) is 2.80. The number of nitro groups is 1. The van der Waals surface area contributed by atoms with Crippen molar-refractivity contribution in [2.45, 2.75) is 25.5 Å². The second-order valence-corrected chi connectivity index (χ2v) is 6.67. The number of anilines is 1. The number of carbonyl (C=O) groups excluding carboxylic acids is 2. The third kappa shape index (κ3) is 3.36. The number of amides is 1. The highest BCUT2D eigenvalue weighted by atomic mass is 35.5. The Bertz CT molecular complexity index is 635. The van der Waals surface area contributed by atoms with Gasteiger partial charge in [-0.25, -0.2) is 0 Å². The van der Waals surface area contributed by atoms with E-state index in [0.717, 1.165) is 11.8 Å². The van der Waals surface area contributed by atoms with Crippen LogP contribution in [0.3, 0.4) is 0 Å². The molecule has 112 valence electrons. The largest absolute Gasteiger partial charge is 0.311 e. The van der Waals surface area contributed by atoms with Crippen LogP contribution in [-0.2, 0) is 9.59 Å². The van der Waals surface area contributed by atoms with Gasteiger partial charge in [0.2, 0.25) is 5.91 Å². The molecule has 0 radical (unpaired) electrons. The zero-order valence-electron chi connectivity index (χ0n) is 11.5. The summed E-state index contributed by atoms with van der Waals surface area (Å²) in [5, 5.41) is 10.7. The van der Waals surface area contributed by atoms with E-state index < -0.39 is 4.92 Å². The van der Waals surface area contributed by atoms with Gasteiger partial charge in [0.05, 0.1) is 4.92 Å². The number of carbonyl (C=O) groups is 2. The SMILES string of the molecule is CC(=O)SC1CC(=O)N(c2cc(Cl)c([N+](=O)[O-])cc2C)C1. The molecule has 21 heavy (non-hydrogen) atoms. The quantitative estimate of drug-likeness (QED) is 0.629. The fourth-order valence-corrected chi connectivity index (χ4v) is 3.45. The maximum absolute atomic E-state index is 12.1. The lowest BCUT2D eigenvalue weighted by molar-refractivity contribution is -0.384. The van der Waals surface area contributed by atoms with Gasteiger partial charge in [-0.15, -0.1) is 0 Å². The minimum Gasteiger partial charge on any atom is -0.311 e. The van der Waals surface area contributed by atoms with E-state index in [2.05, 4.69) is 0 Å². The lowest BCUT2D eigenvalue weighted by Gasteiger charge is -2.19. The summed E-state index contributed by atoms with van der Waals surface area (Å²) in [6.07, 6.45) is 0.276. The summed E-state index contributed by atoms with van der Waals surface area (Å²) in [5.74, 6) is -0.109. The topological polar surface area (TPSA) is 80.5 Å². The van der Waals surface area contributed by atoms with E-state index >= 15 is 0 Å². The molecule has 1 fully saturated rings. The molecule has 1 heterocycles. The first kappa shape index (κ1) is 15.8. The zero-order chi connectivity index (χ0) is 15.7. The number of thioether (sulfide) groups is 1. The molecule has 2 rings (SSSR count).